The highest BCUT2D eigenvalue weighted by Gasteiger charge is 2.22. The van der Waals surface area contributed by atoms with Crippen LogP contribution in [0, 0.1) is 0 Å². The second-order valence-electron chi connectivity index (χ2n) is 3.29. The van der Waals surface area contributed by atoms with Crippen LogP contribution in [0.1, 0.15) is 33.3 Å². The quantitative estimate of drug-likeness (QED) is 0.442. The Hall–Kier alpha value is -2.64. The van der Waals surface area contributed by atoms with Gasteiger partial charge in [0.25, 0.3) is 0 Å². The van der Waals surface area contributed by atoms with E-state index in [2.05, 4.69) is 15.5 Å². The molecule has 0 saturated carbocycles. The lowest BCUT2D eigenvalue weighted by molar-refractivity contribution is 0.0645. The number of hydrazone groups is 1. The van der Waals surface area contributed by atoms with Crippen LogP contribution in [0.4, 0.5) is 0 Å². The van der Waals surface area contributed by atoms with Gasteiger partial charge in [0.05, 0.1) is 16.8 Å². The Morgan fingerprint density at radius 3 is 2.33 bits per heavy atom. The maximum absolute atomic E-state index is 10.9. The first-order valence-corrected chi connectivity index (χ1v) is 4.80. The molecule has 1 heterocycles. The van der Waals surface area contributed by atoms with Crippen molar-refractivity contribution in [2.75, 3.05) is 7.05 Å². The third kappa shape index (κ3) is 2.54. The predicted octanol–water partition coefficient (Wildman–Crippen LogP) is 0.127. The van der Waals surface area contributed by atoms with E-state index in [1.807, 2.05) is 0 Å². The first-order valence-electron chi connectivity index (χ1n) is 4.80. The number of hydrogen-bond acceptors (Lipinski definition) is 6. The molecule has 18 heavy (non-hydrogen) atoms. The minimum atomic E-state index is -1.53. The molecule has 0 saturated heterocycles. The molecule has 1 rings (SSSR count). The molecule has 0 aromatic carbocycles. The van der Waals surface area contributed by atoms with Crippen LogP contribution in [0.15, 0.2) is 11.2 Å². The molecule has 4 N–H and O–H groups in total. The van der Waals surface area contributed by atoms with Crippen molar-refractivity contribution in [3.05, 3.63) is 22.9 Å². The van der Waals surface area contributed by atoms with E-state index in [9.17, 15) is 14.7 Å². The van der Waals surface area contributed by atoms with Gasteiger partial charge < -0.3 is 20.7 Å². The van der Waals surface area contributed by atoms with Gasteiger partial charge in [-0.25, -0.2) is 14.6 Å². The largest absolute Gasteiger partial charge is 0.493 e. The SMILES string of the molecule is CN/N=C(\C)c1cc(C(=O)O)c(C(=O)O)nc1O. The molecule has 1 aromatic heterocycles. The molecule has 0 aliphatic heterocycles. The predicted molar refractivity (Wildman–Crippen MR) is 61.1 cm³/mol. The normalized spacial score (nSPS) is 11.1. The smallest absolute Gasteiger partial charge is 0.355 e. The van der Waals surface area contributed by atoms with Crippen LogP contribution in [0.5, 0.6) is 5.88 Å². The minimum Gasteiger partial charge on any atom is -0.493 e. The van der Waals surface area contributed by atoms with E-state index < -0.39 is 29.1 Å². The summed E-state index contributed by atoms with van der Waals surface area (Å²) in [6, 6.07) is 1.02. The van der Waals surface area contributed by atoms with E-state index in [1.54, 1.807) is 0 Å². The molecule has 0 unspecified atom stereocenters. The highest BCUT2D eigenvalue weighted by atomic mass is 16.4. The van der Waals surface area contributed by atoms with Gasteiger partial charge in [0, 0.05) is 7.05 Å². The molecule has 8 heteroatoms. The average molecular weight is 253 g/mol. The number of aromatic hydroxyl groups is 1. The lowest BCUT2D eigenvalue weighted by Gasteiger charge is -2.07. The van der Waals surface area contributed by atoms with Gasteiger partial charge in [-0.15, -0.1) is 0 Å². The summed E-state index contributed by atoms with van der Waals surface area (Å²) in [6.07, 6.45) is 0. The number of aromatic nitrogens is 1. The van der Waals surface area contributed by atoms with E-state index in [1.165, 1.54) is 14.0 Å². The maximum atomic E-state index is 10.9. The fourth-order valence-corrected chi connectivity index (χ4v) is 1.32. The van der Waals surface area contributed by atoms with Crippen molar-refractivity contribution in [1.82, 2.24) is 10.4 Å². The van der Waals surface area contributed by atoms with Crippen molar-refractivity contribution in [2.24, 2.45) is 5.10 Å². The zero-order valence-electron chi connectivity index (χ0n) is 9.63. The molecule has 0 fully saturated rings. The highest BCUT2D eigenvalue weighted by Crippen LogP contribution is 2.20. The molecule has 0 atom stereocenters. The number of carboxylic acids is 2. The molecular formula is C10H11N3O5. The Balaban J connectivity index is 3.50. The van der Waals surface area contributed by atoms with Gasteiger partial charge in [-0.05, 0) is 13.0 Å². The van der Waals surface area contributed by atoms with Gasteiger partial charge in [0.1, 0.15) is 0 Å². The number of carboxylic acid groups (broad SMARTS) is 2. The van der Waals surface area contributed by atoms with Gasteiger partial charge in [-0.1, -0.05) is 0 Å². The Morgan fingerprint density at radius 1 is 1.28 bits per heavy atom. The van der Waals surface area contributed by atoms with Crippen molar-refractivity contribution in [3.63, 3.8) is 0 Å². The number of carbonyl (C=O) groups is 2. The summed E-state index contributed by atoms with van der Waals surface area (Å²) >= 11 is 0. The van der Waals surface area contributed by atoms with Crippen LogP contribution in [0.25, 0.3) is 0 Å². The van der Waals surface area contributed by atoms with Crippen molar-refractivity contribution in [2.45, 2.75) is 6.92 Å². The van der Waals surface area contributed by atoms with Gasteiger partial charge in [0.2, 0.25) is 5.88 Å². The zero-order valence-corrected chi connectivity index (χ0v) is 9.63. The molecule has 96 valence electrons. The molecule has 0 aliphatic carbocycles. The highest BCUT2D eigenvalue weighted by molar-refractivity contribution is 6.06. The lowest BCUT2D eigenvalue weighted by atomic mass is 10.1. The van der Waals surface area contributed by atoms with Crippen LogP contribution in [-0.4, -0.2) is 45.0 Å². The summed E-state index contributed by atoms with van der Waals surface area (Å²) in [7, 11) is 1.53. The van der Waals surface area contributed by atoms with Gasteiger partial charge in [-0.3, -0.25) is 0 Å². The van der Waals surface area contributed by atoms with Crippen molar-refractivity contribution in [1.29, 1.82) is 0 Å². The first kappa shape index (κ1) is 13.4. The van der Waals surface area contributed by atoms with Crippen molar-refractivity contribution < 1.29 is 24.9 Å². The molecule has 0 bridgehead atoms. The number of hydrogen-bond donors (Lipinski definition) is 4. The Labute approximate surface area is 102 Å². The summed E-state index contributed by atoms with van der Waals surface area (Å²) in [6.45, 7) is 1.51. The van der Waals surface area contributed by atoms with Gasteiger partial charge in [-0.2, -0.15) is 5.10 Å². The Bertz CT molecular complexity index is 539. The number of nitrogens with zero attached hydrogens (tertiary/aromatic N) is 2. The molecule has 8 nitrogen and oxygen atoms in total. The zero-order chi connectivity index (χ0) is 13.9. The fourth-order valence-electron chi connectivity index (χ4n) is 1.32. The van der Waals surface area contributed by atoms with Crippen LogP contribution in [0.2, 0.25) is 0 Å². The topological polar surface area (TPSA) is 132 Å². The van der Waals surface area contributed by atoms with E-state index in [0.29, 0.717) is 0 Å². The number of pyridine rings is 1. The fraction of sp³-hybridized carbons (Fsp3) is 0.200. The lowest BCUT2D eigenvalue weighted by Crippen LogP contribution is -2.13. The second-order valence-corrected chi connectivity index (χ2v) is 3.29. The second kappa shape index (κ2) is 5.13. The third-order valence-corrected chi connectivity index (χ3v) is 2.10. The average Bonchev–Trinajstić information content (AvgIpc) is 2.28. The molecule has 0 spiro atoms. The molecule has 0 amide bonds. The maximum Gasteiger partial charge on any atom is 0.355 e. The summed E-state index contributed by atoms with van der Waals surface area (Å²) in [5.41, 5.74) is 1.56. The van der Waals surface area contributed by atoms with Crippen molar-refractivity contribution in [3.8, 4) is 5.88 Å². The standard InChI is InChI=1S/C10H11N3O5/c1-4(13-11-2)5-3-6(9(15)16)7(10(17)18)12-8(5)14/h3,11H,1-2H3,(H,12,14)(H,15,16)(H,17,18)/b13-4+. The monoisotopic (exact) mass is 253 g/mol. The number of aromatic carboxylic acids is 2. The number of nitrogens with one attached hydrogen (secondary N) is 1. The van der Waals surface area contributed by atoms with Crippen LogP contribution in [0.3, 0.4) is 0 Å². The Morgan fingerprint density at radius 2 is 1.89 bits per heavy atom. The van der Waals surface area contributed by atoms with E-state index in [-0.39, 0.29) is 11.3 Å². The summed E-state index contributed by atoms with van der Waals surface area (Å²) in [5.74, 6) is -3.57. The van der Waals surface area contributed by atoms with Gasteiger partial charge >= 0.3 is 11.9 Å². The van der Waals surface area contributed by atoms with Crippen molar-refractivity contribution >= 4 is 17.7 Å². The van der Waals surface area contributed by atoms with Crippen LogP contribution < -0.4 is 5.43 Å². The van der Waals surface area contributed by atoms with Crippen LogP contribution >= 0.6 is 0 Å². The number of rotatable bonds is 4. The molecule has 1 aromatic rings. The summed E-state index contributed by atoms with van der Waals surface area (Å²) < 4.78 is 0. The third-order valence-electron chi connectivity index (χ3n) is 2.10. The summed E-state index contributed by atoms with van der Waals surface area (Å²) in [4.78, 5) is 25.1. The minimum absolute atomic E-state index is 0.0479. The van der Waals surface area contributed by atoms with E-state index >= 15 is 0 Å². The Kier molecular flexibility index (Phi) is 3.82. The first-order chi connectivity index (χ1) is 8.38. The van der Waals surface area contributed by atoms with Gasteiger partial charge in [0.15, 0.2) is 5.69 Å². The molecule has 0 aliphatic rings. The molecule has 0 radical (unpaired) electrons. The van der Waals surface area contributed by atoms with Crippen LogP contribution in [-0.2, 0) is 0 Å². The summed E-state index contributed by atoms with van der Waals surface area (Å²) in [5, 5.41) is 31.0. The molecular weight excluding hydrogens is 242 g/mol. The van der Waals surface area contributed by atoms with E-state index in [4.69, 9.17) is 10.2 Å². The van der Waals surface area contributed by atoms with E-state index in [0.717, 1.165) is 6.07 Å².